The molecule has 0 unspecified atom stereocenters. The molecular formula is C33H41N7O2. The molecule has 0 saturated heterocycles. The third-order valence-corrected chi connectivity index (χ3v) is 7.18. The van der Waals surface area contributed by atoms with Crippen LogP contribution in [0.2, 0.25) is 0 Å². The number of benzene rings is 2. The Kier molecular flexibility index (Phi) is 11.9. The summed E-state index contributed by atoms with van der Waals surface area (Å²) < 4.78 is 0. The molecule has 2 heterocycles. The van der Waals surface area contributed by atoms with Gasteiger partial charge in [0.1, 0.15) is 11.5 Å². The molecular weight excluding hydrogens is 526 g/mol. The van der Waals surface area contributed by atoms with Gasteiger partial charge >= 0.3 is 0 Å². The Bertz CT molecular complexity index is 1310. The number of hydrogen-bond donors (Lipinski definition) is 2. The van der Waals surface area contributed by atoms with Crippen molar-refractivity contribution in [3.05, 3.63) is 89.2 Å². The van der Waals surface area contributed by atoms with Gasteiger partial charge in [0, 0.05) is 62.8 Å². The Morgan fingerprint density at radius 2 is 1.10 bits per heavy atom. The first-order valence-corrected chi connectivity index (χ1v) is 14.5. The topological polar surface area (TPSA) is 109 Å². The van der Waals surface area contributed by atoms with Crippen molar-refractivity contribution >= 4 is 23.9 Å². The van der Waals surface area contributed by atoms with Crippen LogP contribution in [0.4, 0.5) is 0 Å². The van der Waals surface area contributed by atoms with E-state index < -0.39 is 0 Å². The highest BCUT2D eigenvalue weighted by Gasteiger charge is 2.11. The standard InChI is InChI=1S/C33H41N7O2/c1-26-30-10-7-11-31(38-30)27(2)37-17-21-40(19-15-35-25-29-9-4-6-13-33(29)42)23-22-39(20-16-36-26)18-14-34-24-28-8-3-5-12-32(28)41/h3-13,24-25,41-42H,14-23H2,1-2H3. The van der Waals surface area contributed by atoms with Crippen LogP contribution in [0.5, 0.6) is 11.5 Å². The number of fused-ring (bicyclic) bond motifs is 2. The molecule has 2 bridgehead atoms. The van der Waals surface area contributed by atoms with Gasteiger partial charge in [-0.2, -0.15) is 0 Å². The number of phenolic OH excluding ortho intramolecular Hbond substituents is 2. The summed E-state index contributed by atoms with van der Waals surface area (Å²) in [7, 11) is 0. The fraction of sp³-hybridized carbons (Fsp3) is 0.364. The van der Waals surface area contributed by atoms with Gasteiger partial charge in [0.2, 0.25) is 0 Å². The molecule has 0 amide bonds. The molecule has 1 aliphatic rings. The molecule has 0 radical (unpaired) electrons. The number of aromatic nitrogens is 1. The Hall–Kier alpha value is -4.21. The SMILES string of the molecule is CC1=NCCN(CCN=Cc2ccccc2O)CCN(CCN=Cc2ccccc2O)CCN=C(C)c2cccc1n2. The Morgan fingerprint density at radius 3 is 1.55 bits per heavy atom. The number of phenols is 2. The van der Waals surface area contributed by atoms with E-state index in [4.69, 9.17) is 15.0 Å². The molecule has 220 valence electrons. The summed E-state index contributed by atoms with van der Waals surface area (Å²) >= 11 is 0. The van der Waals surface area contributed by atoms with Crippen LogP contribution in [-0.4, -0.2) is 114 Å². The van der Waals surface area contributed by atoms with Gasteiger partial charge in [-0.05, 0) is 50.2 Å². The first-order valence-electron chi connectivity index (χ1n) is 14.5. The highest BCUT2D eigenvalue weighted by Crippen LogP contribution is 2.13. The van der Waals surface area contributed by atoms with E-state index in [0.717, 1.165) is 73.2 Å². The first kappa shape index (κ1) is 30.7. The Labute approximate surface area is 248 Å². The maximum absolute atomic E-state index is 10.0. The fourth-order valence-corrected chi connectivity index (χ4v) is 4.59. The second kappa shape index (κ2) is 16.3. The normalized spacial score (nSPS) is 16.2. The molecule has 1 aliphatic heterocycles. The van der Waals surface area contributed by atoms with Crippen LogP contribution < -0.4 is 0 Å². The van der Waals surface area contributed by atoms with Crippen LogP contribution in [0.3, 0.4) is 0 Å². The number of hydrogen-bond acceptors (Lipinski definition) is 9. The zero-order valence-corrected chi connectivity index (χ0v) is 24.6. The number of rotatable bonds is 8. The molecule has 9 nitrogen and oxygen atoms in total. The van der Waals surface area contributed by atoms with Gasteiger partial charge in [0.05, 0.1) is 49.0 Å². The maximum atomic E-state index is 10.0. The Morgan fingerprint density at radius 1 is 0.643 bits per heavy atom. The van der Waals surface area contributed by atoms with Crippen molar-refractivity contribution in [3.8, 4) is 11.5 Å². The predicted octanol–water partition coefficient (Wildman–Crippen LogP) is 3.97. The summed E-state index contributed by atoms with van der Waals surface area (Å²) in [5.74, 6) is 0.466. The minimum atomic E-state index is 0.233. The summed E-state index contributed by atoms with van der Waals surface area (Å²) in [6.45, 7) is 11.5. The van der Waals surface area contributed by atoms with Gasteiger partial charge in [0.15, 0.2) is 0 Å². The molecule has 2 N–H and O–H groups in total. The van der Waals surface area contributed by atoms with E-state index in [1.165, 1.54) is 0 Å². The third-order valence-electron chi connectivity index (χ3n) is 7.18. The second-order valence-corrected chi connectivity index (χ2v) is 10.2. The van der Waals surface area contributed by atoms with Gasteiger partial charge in [-0.3, -0.25) is 29.8 Å². The van der Waals surface area contributed by atoms with Crippen molar-refractivity contribution in [2.45, 2.75) is 13.8 Å². The highest BCUT2D eigenvalue weighted by molar-refractivity contribution is 6.00. The molecule has 4 rings (SSSR count). The van der Waals surface area contributed by atoms with Crippen molar-refractivity contribution in [3.63, 3.8) is 0 Å². The van der Waals surface area contributed by atoms with Crippen LogP contribution in [0.15, 0.2) is 86.7 Å². The summed E-state index contributed by atoms with van der Waals surface area (Å²) in [6, 6.07) is 20.4. The molecule has 3 aromatic rings. The highest BCUT2D eigenvalue weighted by atomic mass is 16.3. The zero-order chi connectivity index (χ0) is 29.6. The van der Waals surface area contributed by atoms with E-state index in [2.05, 4.69) is 19.8 Å². The molecule has 0 fully saturated rings. The molecule has 1 aromatic heterocycles. The number of nitrogens with zero attached hydrogens (tertiary/aromatic N) is 7. The van der Waals surface area contributed by atoms with E-state index in [1.54, 1.807) is 36.7 Å². The van der Waals surface area contributed by atoms with Gasteiger partial charge in [0.25, 0.3) is 0 Å². The van der Waals surface area contributed by atoms with Crippen molar-refractivity contribution in [2.75, 3.05) is 65.4 Å². The third kappa shape index (κ3) is 9.71. The Balaban J connectivity index is 1.45. The summed E-state index contributed by atoms with van der Waals surface area (Å²) in [5.41, 5.74) is 5.02. The van der Waals surface area contributed by atoms with Crippen LogP contribution in [-0.2, 0) is 0 Å². The van der Waals surface area contributed by atoms with E-state index in [1.807, 2.05) is 56.3 Å². The molecule has 0 aliphatic carbocycles. The minimum absolute atomic E-state index is 0.233. The van der Waals surface area contributed by atoms with E-state index in [9.17, 15) is 10.2 Å². The summed E-state index contributed by atoms with van der Waals surface area (Å²) in [5, 5.41) is 20.1. The van der Waals surface area contributed by atoms with Crippen molar-refractivity contribution < 1.29 is 10.2 Å². The second-order valence-electron chi connectivity index (χ2n) is 10.2. The lowest BCUT2D eigenvalue weighted by molar-refractivity contribution is 0.216. The molecule has 2 aromatic carbocycles. The lowest BCUT2D eigenvalue weighted by Gasteiger charge is -2.26. The van der Waals surface area contributed by atoms with Crippen LogP contribution >= 0.6 is 0 Å². The summed E-state index contributed by atoms with van der Waals surface area (Å²) in [4.78, 5) is 28.4. The largest absolute Gasteiger partial charge is 0.507 e. The average molecular weight is 568 g/mol. The minimum Gasteiger partial charge on any atom is -0.507 e. The number of para-hydroxylation sites is 2. The van der Waals surface area contributed by atoms with Crippen LogP contribution in [0.25, 0.3) is 0 Å². The molecule has 0 atom stereocenters. The van der Waals surface area contributed by atoms with E-state index in [0.29, 0.717) is 26.2 Å². The van der Waals surface area contributed by atoms with Crippen LogP contribution in [0.1, 0.15) is 36.4 Å². The monoisotopic (exact) mass is 567 g/mol. The molecule has 0 saturated carbocycles. The molecule has 42 heavy (non-hydrogen) atoms. The van der Waals surface area contributed by atoms with Gasteiger partial charge < -0.3 is 10.2 Å². The molecule has 9 heteroatoms. The quantitative estimate of drug-likeness (QED) is 0.401. The smallest absolute Gasteiger partial charge is 0.124 e. The van der Waals surface area contributed by atoms with Gasteiger partial charge in [-0.25, -0.2) is 4.98 Å². The number of aromatic hydroxyl groups is 2. The van der Waals surface area contributed by atoms with Crippen molar-refractivity contribution in [2.24, 2.45) is 20.0 Å². The van der Waals surface area contributed by atoms with Gasteiger partial charge in [-0.15, -0.1) is 0 Å². The fourth-order valence-electron chi connectivity index (χ4n) is 4.59. The lowest BCUT2D eigenvalue weighted by atomic mass is 10.2. The average Bonchev–Trinajstić information content (AvgIpc) is 3.00. The summed E-state index contributed by atoms with van der Waals surface area (Å²) in [6.07, 6.45) is 3.47. The van der Waals surface area contributed by atoms with E-state index >= 15 is 0 Å². The van der Waals surface area contributed by atoms with Crippen LogP contribution in [0, 0.1) is 0 Å². The van der Waals surface area contributed by atoms with Gasteiger partial charge in [-0.1, -0.05) is 30.3 Å². The molecule has 0 spiro atoms. The zero-order valence-electron chi connectivity index (χ0n) is 24.6. The predicted molar refractivity (Wildman–Crippen MR) is 172 cm³/mol. The first-order chi connectivity index (χ1) is 20.5. The van der Waals surface area contributed by atoms with E-state index in [-0.39, 0.29) is 11.5 Å². The maximum Gasteiger partial charge on any atom is 0.124 e. The number of aliphatic imine (C=N–C) groups is 4. The van der Waals surface area contributed by atoms with Crippen molar-refractivity contribution in [1.82, 2.24) is 14.8 Å². The number of pyridine rings is 1. The van der Waals surface area contributed by atoms with Crippen molar-refractivity contribution in [1.29, 1.82) is 0 Å². The lowest BCUT2D eigenvalue weighted by Crippen LogP contribution is -2.39.